The third-order valence-corrected chi connectivity index (χ3v) is 4.67. The zero-order valence-corrected chi connectivity index (χ0v) is 21.2. The Bertz CT molecular complexity index is 818. The number of hydrogen-bond acceptors (Lipinski definition) is 8. The highest BCUT2D eigenvalue weighted by molar-refractivity contribution is 5.89. The molecule has 8 heteroatoms. The molecule has 1 N–H and O–H groups in total. The topological polar surface area (TPSA) is 101 Å². The lowest BCUT2D eigenvalue weighted by molar-refractivity contribution is -0.0379. The largest absolute Gasteiger partial charge is 0.459 e. The van der Waals surface area contributed by atoms with E-state index < -0.39 is 6.10 Å². The minimum Gasteiger partial charge on any atom is -0.459 e. The van der Waals surface area contributed by atoms with Crippen molar-refractivity contribution in [3.8, 4) is 0 Å². The molecule has 0 radical (unpaired) electrons. The van der Waals surface area contributed by atoms with E-state index in [2.05, 4.69) is 0 Å². The average Bonchev–Trinajstić information content (AvgIpc) is 2.90. The number of esters is 2. The van der Waals surface area contributed by atoms with Gasteiger partial charge in [0.05, 0.1) is 49.3 Å². The molecule has 4 unspecified atom stereocenters. The molecule has 0 aliphatic heterocycles. The first-order valence-corrected chi connectivity index (χ1v) is 11.6. The van der Waals surface area contributed by atoms with E-state index in [1.807, 2.05) is 26.0 Å². The fraction of sp³-hybridized carbons (Fsp3) is 0.481. The number of aliphatic hydroxyl groups is 1. The molecule has 0 aromatic heterocycles. The van der Waals surface area contributed by atoms with Gasteiger partial charge in [-0.2, -0.15) is 0 Å². The van der Waals surface area contributed by atoms with Crippen LogP contribution >= 0.6 is 0 Å². The summed E-state index contributed by atoms with van der Waals surface area (Å²) in [5.74, 6) is -0.778. The van der Waals surface area contributed by atoms with Crippen LogP contribution in [0.25, 0.3) is 0 Å². The van der Waals surface area contributed by atoms with Crippen LogP contribution in [0.15, 0.2) is 60.7 Å². The molecule has 0 bridgehead atoms. The van der Waals surface area contributed by atoms with Crippen LogP contribution in [0.4, 0.5) is 0 Å². The summed E-state index contributed by atoms with van der Waals surface area (Å²) < 4.78 is 26.2. The maximum atomic E-state index is 11.9. The molecule has 0 saturated heterocycles. The number of methoxy groups -OCH3 is 1. The van der Waals surface area contributed by atoms with Crippen molar-refractivity contribution >= 4 is 11.9 Å². The van der Waals surface area contributed by atoms with E-state index in [1.165, 1.54) is 0 Å². The maximum absolute atomic E-state index is 11.9. The number of benzene rings is 2. The van der Waals surface area contributed by atoms with E-state index in [0.29, 0.717) is 17.7 Å². The van der Waals surface area contributed by atoms with Crippen molar-refractivity contribution in [1.82, 2.24) is 0 Å². The molecule has 194 valence electrons. The third kappa shape index (κ3) is 13.6. The van der Waals surface area contributed by atoms with Gasteiger partial charge in [-0.05, 0) is 52.0 Å². The molecule has 2 aromatic carbocycles. The zero-order valence-electron chi connectivity index (χ0n) is 21.2. The van der Waals surface area contributed by atoms with Crippen LogP contribution in [0.2, 0.25) is 0 Å². The second-order valence-corrected chi connectivity index (χ2v) is 8.06. The number of carbonyl (C=O) groups is 2. The molecule has 0 aliphatic rings. The molecule has 2 aromatic rings. The Hall–Kier alpha value is -2.78. The van der Waals surface area contributed by atoms with E-state index in [4.69, 9.17) is 28.8 Å². The van der Waals surface area contributed by atoms with Gasteiger partial charge in [0.25, 0.3) is 0 Å². The van der Waals surface area contributed by atoms with Crippen molar-refractivity contribution in [3.05, 3.63) is 71.8 Å². The molecule has 0 fully saturated rings. The highest BCUT2D eigenvalue weighted by Gasteiger charge is 2.14. The highest BCUT2D eigenvalue weighted by atomic mass is 16.6. The first kappa shape index (κ1) is 30.3. The van der Waals surface area contributed by atoms with Crippen LogP contribution in [-0.4, -0.2) is 75.0 Å². The lowest BCUT2D eigenvalue weighted by Crippen LogP contribution is -2.26. The van der Waals surface area contributed by atoms with Crippen molar-refractivity contribution in [3.63, 3.8) is 0 Å². The van der Waals surface area contributed by atoms with Gasteiger partial charge in [0.2, 0.25) is 0 Å². The zero-order chi connectivity index (χ0) is 26.1. The fourth-order valence-electron chi connectivity index (χ4n) is 2.48. The molecule has 0 saturated carbocycles. The van der Waals surface area contributed by atoms with Gasteiger partial charge in [0.1, 0.15) is 12.7 Å². The molecule has 35 heavy (non-hydrogen) atoms. The molecule has 0 heterocycles. The standard InChI is InChI=1S/C20H22O5.C7H16O3/c1-15(13-24-19(21)17-9-5-3-6-10-17)23-14-16(2)25-20(22)18-11-7-4-8-12-18;1-6(4-8)10-5-7(2)9-3/h3-12,15-16H,13-14H2,1-2H3;6-8H,4-5H2,1-3H3. The van der Waals surface area contributed by atoms with Crippen LogP contribution in [0.3, 0.4) is 0 Å². The van der Waals surface area contributed by atoms with Gasteiger partial charge in [0.15, 0.2) is 0 Å². The smallest absolute Gasteiger partial charge is 0.338 e. The summed E-state index contributed by atoms with van der Waals surface area (Å²) in [6.07, 6.45) is -0.683. The first-order valence-electron chi connectivity index (χ1n) is 11.6. The minimum absolute atomic E-state index is 0.0659. The number of rotatable bonds is 13. The van der Waals surface area contributed by atoms with E-state index >= 15 is 0 Å². The monoisotopic (exact) mass is 490 g/mol. The lowest BCUT2D eigenvalue weighted by atomic mass is 10.2. The second kappa shape index (κ2) is 17.6. The quantitative estimate of drug-likeness (QED) is 0.422. The molecule has 2 rings (SSSR count). The Morgan fingerprint density at radius 1 is 0.686 bits per heavy atom. The van der Waals surface area contributed by atoms with Crippen molar-refractivity contribution in [2.75, 3.05) is 33.5 Å². The summed E-state index contributed by atoms with van der Waals surface area (Å²) in [4.78, 5) is 23.8. The van der Waals surface area contributed by atoms with Crippen molar-refractivity contribution < 1.29 is 38.4 Å². The Morgan fingerprint density at radius 2 is 1.17 bits per heavy atom. The average molecular weight is 491 g/mol. The van der Waals surface area contributed by atoms with Gasteiger partial charge in [0, 0.05) is 7.11 Å². The van der Waals surface area contributed by atoms with E-state index in [0.717, 1.165) is 0 Å². The molecule has 0 amide bonds. The maximum Gasteiger partial charge on any atom is 0.338 e. The number of carbonyl (C=O) groups excluding carboxylic acids is 2. The first-order chi connectivity index (χ1) is 16.8. The van der Waals surface area contributed by atoms with Gasteiger partial charge in [-0.3, -0.25) is 0 Å². The summed E-state index contributed by atoms with van der Waals surface area (Å²) in [5.41, 5.74) is 0.999. The molecule has 8 nitrogen and oxygen atoms in total. The van der Waals surface area contributed by atoms with Crippen molar-refractivity contribution in [2.45, 2.75) is 52.1 Å². The number of aliphatic hydroxyl groups excluding tert-OH is 1. The summed E-state index contributed by atoms with van der Waals surface area (Å²) in [7, 11) is 1.64. The van der Waals surface area contributed by atoms with Crippen molar-refractivity contribution in [2.24, 2.45) is 0 Å². The Kier molecular flexibility index (Phi) is 15.2. The van der Waals surface area contributed by atoms with E-state index in [1.54, 1.807) is 69.5 Å². The SMILES string of the molecule is CC(COC(=O)c1ccccc1)OCC(C)OC(=O)c1ccccc1.COC(C)COC(C)CO. The summed E-state index contributed by atoms with van der Waals surface area (Å²) >= 11 is 0. The number of ether oxygens (including phenoxy) is 5. The van der Waals surface area contributed by atoms with Gasteiger partial charge >= 0.3 is 11.9 Å². The second-order valence-electron chi connectivity index (χ2n) is 8.06. The fourth-order valence-corrected chi connectivity index (χ4v) is 2.48. The van der Waals surface area contributed by atoms with Gasteiger partial charge in [-0.25, -0.2) is 9.59 Å². The van der Waals surface area contributed by atoms with Gasteiger partial charge < -0.3 is 28.8 Å². The summed E-state index contributed by atoms with van der Waals surface area (Å²) in [6.45, 7) is 8.25. The third-order valence-electron chi connectivity index (χ3n) is 4.67. The van der Waals surface area contributed by atoms with E-state index in [-0.39, 0.29) is 50.1 Å². The highest BCUT2D eigenvalue weighted by Crippen LogP contribution is 2.06. The molecule has 0 spiro atoms. The molecule has 4 atom stereocenters. The van der Waals surface area contributed by atoms with Gasteiger partial charge in [-0.1, -0.05) is 36.4 Å². The van der Waals surface area contributed by atoms with Crippen LogP contribution in [0, 0.1) is 0 Å². The van der Waals surface area contributed by atoms with Crippen LogP contribution < -0.4 is 0 Å². The molecular formula is C27H38O8. The van der Waals surface area contributed by atoms with Crippen LogP contribution in [0.1, 0.15) is 48.4 Å². The van der Waals surface area contributed by atoms with Crippen molar-refractivity contribution in [1.29, 1.82) is 0 Å². The van der Waals surface area contributed by atoms with Crippen LogP contribution in [0.5, 0.6) is 0 Å². The minimum atomic E-state index is -0.403. The summed E-state index contributed by atoms with van der Waals surface area (Å²) in [6, 6.07) is 17.6. The normalized spacial score (nSPS) is 14.0. The number of hydrogen-bond donors (Lipinski definition) is 1. The molecule has 0 aliphatic carbocycles. The van der Waals surface area contributed by atoms with Crippen LogP contribution in [-0.2, 0) is 23.7 Å². The Balaban J connectivity index is 0.000000518. The Morgan fingerprint density at radius 3 is 1.69 bits per heavy atom. The van der Waals surface area contributed by atoms with E-state index in [9.17, 15) is 9.59 Å². The Labute approximate surface area is 208 Å². The van der Waals surface area contributed by atoms with Gasteiger partial charge in [-0.15, -0.1) is 0 Å². The predicted octanol–water partition coefficient (Wildman–Crippen LogP) is 3.91. The molecular weight excluding hydrogens is 452 g/mol. The predicted molar refractivity (Wildman–Crippen MR) is 132 cm³/mol. The summed E-state index contributed by atoms with van der Waals surface area (Å²) in [5, 5.41) is 8.55. The lowest BCUT2D eigenvalue weighted by Gasteiger charge is -2.17.